The quantitative estimate of drug-likeness (QED) is 0.639. The molecule has 16 heavy (non-hydrogen) atoms. The van der Waals surface area contributed by atoms with Crippen LogP contribution in [0.4, 0.5) is 5.69 Å². The van der Waals surface area contributed by atoms with Gasteiger partial charge in [-0.15, -0.1) is 11.8 Å². The molecule has 1 aromatic carbocycles. The predicted octanol–water partition coefficient (Wildman–Crippen LogP) is 1.95. The van der Waals surface area contributed by atoms with E-state index in [0.29, 0.717) is 6.54 Å². The molecule has 0 aliphatic rings. The molecule has 3 N–H and O–H groups in total. The molecule has 0 fully saturated rings. The molecule has 1 aromatic rings. The fourth-order valence-corrected chi connectivity index (χ4v) is 1.96. The van der Waals surface area contributed by atoms with Gasteiger partial charge in [0, 0.05) is 17.1 Å². The Bertz CT molecular complexity index is 290. The smallest absolute Gasteiger partial charge is 0.0942 e. The molecule has 90 valence electrons. The highest BCUT2D eigenvalue weighted by atomic mass is 32.2. The summed E-state index contributed by atoms with van der Waals surface area (Å²) in [6.45, 7) is 2.33. The van der Waals surface area contributed by atoms with E-state index < -0.39 is 6.10 Å². The SMILES string of the molecule is CCCSc1ccc(NCC(O)CO)cc1. The first kappa shape index (κ1) is 13.4. The molecule has 1 unspecified atom stereocenters. The van der Waals surface area contributed by atoms with Gasteiger partial charge >= 0.3 is 0 Å². The highest BCUT2D eigenvalue weighted by Crippen LogP contribution is 2.20. The molecular weight excluding hydrogens is 222 g/mol. The van der Waals surface area contributed by atoms with Crippen molar-refractivity contribution in [3.63, 3.8) is 0 Å². The van der Waals surface area contributed by atoms with Crippen LogP contribution in [0.2, 0.25) is 0 Å². The van der Waals surface area contributed by atoms with Crippen molar-refractivity contribution in [1.82, 2.24) is 0 Å². The highest BCUT2D eigenvalue weighted by molar-refractivity contribution is 7.99. The number of nitrogens with one attached hydrogen (secondary N) is 1. The van der Waals surface area contributed by atoms with Crippen LogP contribution in [0.3, 0.4) is 0 Å². The molecule has 0 saturated heterocycles. The first-order chi connectivity index (χ1) is 7.76. The summed E-state index contributed by atoms with van der Waals surface area (Å²) in [5.41, 5.74) is 0.966. The molecule has 0 saturated carbocycles. The third-order valence-electron chi connectivity index (χ3n) is 2.08. The average molecular weight is 241 g/mol. The molecule has 0 radical (unpaired) electrons. The zero-order valence-electron chi connectivity index (χ0n) is 9.52. The molecule has 0 spiro atoms. The van der Waals surface area contributed by atoms with E-state index in [0.717, 1.165) is 11.4 Å². The van der Waals surface area contributed by atoms with Crippen LogP contribution in [0.1, 0.15) is 13.3 Å². The number of aliphatic hydroxyl groups excluding tert-OH is 2. The fraction of sp³-hybridized carbons (Fsp3) is 0.500. The average Bonchev–Trinajstić information content (AvgIpc) is 2.34. The van der Waals surface area contributed by atoms with Gasteiger partial charge in [-0.25, -0.2) is 0 Å². The molecule has 1 atom stereocenters. The van der Waals surface area contributed by atoms with Crippen molar-refractivity contribution in [2.24, 2.45) is 0 Å². The predicted molar refractivity (Wildman–Crippen MR) is 69.0 cm³/mol. The van der Waals surface area contributed by atoms with Crippen molar-refractivity contribution in [1.29, 1.82) is 0 Å². The number of thioether (sulfide) groups is 1. The van der Waals surface area contributed by atoms with Crippen LogP contribution in [-0.2, 0) is 0 Å². The molecule has 0 aliphatic heterocycles. The number of hydrogen-bond donors (Lipinski definition) is 3. The molecular formula is C12H19NO2S. The zero-order chi connectivity index (χ0) is 11.8. The maximum Gasteiger partial charge on any atom is 0.0942 e. The van der Waals surface area contributed by atoms with Gasteiger partial charge in [-0.2, -0.15) is 0 Å². The maximum atomic E-state index is 9.17. The molecule has 3 nitrogen and oxygen atoms in total. The Labute approximate surface area is 101 Å². The summed E-state index contributed by atoms with van der Waals surface area (Å²) in [7, 11) is 0. The van der Waals surface area contributed by atoms with Gasteiger partial charge < -0.3 is 15.5 Å². The number of aliphatic hydroxyl groups is 2. The highest BCUT2D eigenvalue weighted by Gasteiger charge is 2.01. The van der Waals surface area contributed by atoms with E-state index in [1.807, 2.05) is 23.9 Å². The number of anilines is 1. The van der Waals surface area contributed by atoms with Crippen molar-refractivity contribution in [2.45, 2.75) is 24.3 Å². The molecule has 0 bridgehead atoms. The van der Waals surface area contributed by atoms with E-state index in [1.54, 1.807) is 0 Å². The molecule has 4 heteroatoms. The third-order valence-corrected chi connectivity index (χ3v) is 3.30. The van der Waals surface area contributed by atoms with E-state index in [1.165, 1.54) is 11.3 Å². The van der Waals surface area contributed by atoms with E-state index in [4.69, 9.17) is 5.11 Å². The van der Waals surface area contributed by atoms with Gasteiger partial charge in [0.15, 0.2) is 0 Å². The van der Waals surface area contributed by atoms with Crippen LogP contribution < -0.4 is 5.32 Å². The van der Waals surface area contributed by atoms with Gasteiger partial charge in [0.2, 0.25) is 0 Å². The Morgan fingerprint density at radius 3 is 2.56 bits per heavy atom. The first-order valence-corrected chi connectivity index (χ1v) is 6.50. The minimum atomic E-state index is -0.700. The van der Waals surface area contributed by atoms with E-state index >= 15 is 0 Å². The standard InChI is InChI=1S/C12H19NO2S/c1-2-7-16-12-5-3-10(4-6-12)13-8-11(15)9-14/h3-6,11,13-15H,2,7-9H2,1H3. The fourth-order valence-electron chi connectivity index (χ4n) is 1.19. The molecule has 0 aliphatic carbocycles. The maximum absolute atomic E-state index is 9.17. The lowest BCUT2D eigenvalue weighted by Gasteiger charge is -2.10. The van der Waals surface area contributed by atoms with E-state index in [-0.39, 0.29) is 6.61 Å². The second kappa shape index (κ2) is 7.54. The van der Waals surface area contributed by atoms with Crippen LogP contribution in [0.15, 0.2) is 29.2 Å². The summed E-state index contributed by atoms with van der Waals surface area (Å²) in [5.74, 6) is 1.13. The van der Waals surface area contributed by atoms with Crippen LogP contribution in [-0.4, -0.2) is 35.2 Å². The largest absolute Gasteiger partial charge is 0.394 e. The van der Waals surface area contributed by atoms with E-state index in [9.17, 15) is 5.11 Å². The summed E-state index contributed by atoms with van der Waals surface area (Å²) in [5, 5.41) is 20.9. The van der Waals surface area contributed by atoms with Gasteiger partial charge in [0.05, 0.1) is 12.7 Å². The third kappa shape index (κ3) is 4.88. The molecule has 0 aromatic heterocycles. The minimum absolute atomic E-state index is 0.211. The van der Waals surface area contributed by atoms with Crippen molar-refractivity contribution in [3.8, 4) is 0 Å². The van der Waals surface area contributed by atoms with Gasteiger partial charge in [-0.1, -0.05) is 6.92 Å². The lowest BCUT2D eigenvalue weighted by atomic mass is 10.3. The second-order valence-corrected chi connectivity index (χ2v) is 4.76. The number of hydrogen-bond acceptors (Lipinski definition) is 4. The molecule has 1 rings (SSSR count). The van der Waals surface area contributed by atoms with Crippen LogP contribution in [0, 0.1) is 0 Å². The van der Waals surface area contributed by atoms with Gasteiger partial charge in [-0.05, 0) is 36.4 Å². The topological polar surface area (TPSA) is 52.5 Å². The van der Waals surface area contributed by atoms with Crippen LogP contribution >= 0.6 is 11.8 Å². The van der Waals surface area contributed by atoms with Crippen LogP contribution in [0.25, 0.3) is 0 Å². The van der Waals surface area contributed by atoms with Gasteiger partial charge in [0.1, 0.15) is 0 Å². The summed E-state index contributed by atoms with van der Waals surface area (Å²) < 4.78 is 0. The van der Waals surface area contributed by atoms with Crippen molar-refractivity contribution in [3.05, 3.63) is 24.3 Å². The Morgan fingerprint density at radius 1 is 1.31 bits per heavy atom. The Balaban J connectivity index is 2.38. The molecule has 0 heterocycles. The monoisotopic (exact) mass is 241 g/mol. The summed E-state index contributed by atoms with van der Waals surface area (Å²) in [4.78, 5) is 1.26. The van der Waals surface area contributed by atoms with Crippen molar-refractivity contribution < 1.29 is 10.2 Å². The number of benzene rings is 1. The Morgan fingerprint density at radius 2 is 2.00 bits per heavy atom. The minimum Gasteiger partial charge on any atom is -0.394 e. The van der Waals surface area contributed by atoms with Crippen molar-refractivity contribution >= 4 is 17.4 Å². The summed E-state index contributed by atoms with van der Waals surface area (Å²) in [6.07, 6.45) is 0.474. The number of rotatable bonds is 7. The van der Waals surface area contributed by atoms with Gasteiger partial charge in [-0.3, -0.25) is 0 Å². The zero-order valence-corrected chi connectivity index (χ0v) is 10.3. The Hall–Kier alpha value is -0.710. The Kier molecular flexibility index (Phi) is 6.30. The van der Waals surface area contributed by atoms with E-state index in [2.05, 4.69) is 24.4 Å². The van der Waals surface area contributed by atoms with Crippen LogP contribution in [0.5, 0.6) is 0 Å². The van der Waals surface area contributed by atoms with Crippen molar-refractivity contribution in [2.75, 3.05) is 24.2 Å². The normalized spacial score (nSPS) is 12.4. The molecule has 0 amide bonds. The lowest BCUT2D eigenvalue weighted by Crippen LogP contribution is -2.22. The second-order valence-electron chi connectivity index (χ2n) is 3.59. The summed E-state index contributed by atoms with van der Waals surface area (Å²) >= 11 is 1.84. The van der Waals surface area contributed by atoms with Gasteiger partial charge in [0.25, 0.3) is 0 Å². The lowest BCUT2D eigenvalue weighted by molar-refractivity contribution is 0.105. The first-order valence-electron chi connectivity index (χ1n) is 5.52. The summed E-state index contributed by atoms with van der Waals surface area (Å²) in [6, 6.07) is 8.10.